The number of carbonyl (C=O) groups excluding carboxylic acids is 3. The van der Waals surface area contributed by atoms with Gasteiger partial charge in [0.1, 0.15) is 17.7 Å². The van der Waals surface area contributed by atoms with Crippen molar-refractivity contribution in [2.24, 2.45) is 0 Å². The van der Waals surface area contributed by atoms with E-state index in [-0.39, 0.29) is 6.10 Å². The van der Waals surface area contributed by atoms with Crippen molar-refractivity contribution >= 4 is 18.1 Å². The molecule has 0 radical (unpaired) electrons. The van der Waals surface area contributed by atoms with E-state index in [1.54, 1.807) is 45.0 Å². The first-order valence-corrected chi connectivity index (χ1v) is 14.6. The number of hydrogen-bond donors (Lipinski definition) is 0. The molecular weight excluding hydrogens is 567 g/mol. The number of piperidine rings is 1. The Balaban J connectivity index is 0.000000541. The highest BCUT2D eigenvalue weighted by Crippen LogP contribution is 2.47. The van der Waals surface area contributed by atoms with Crippen molar-refractivity contribution < 1.29 is 51.4 Å². The van der Waals surface area contributed by atoms with E-state index in [9.17, 15) is 22.8 Å². The van der Waals surface area contributed by atoms with Crippen molar-refractivity contribution in [2.45, 2.75) is 94.9 Å². The van der Waals surface area contributed by atoms with Crippen LogP contribution in [-0.4, -0.2) is 65.6 Å². The molecule has 2 aromatic rings. The van der Waals surface area contributed by atoms with Crippen LogP contribution in [0.5, 0.6) is 0 Å². The van der Waals surface area contributed by atoms with Gasteiger partial charge in [-0.2, -0.15) is 13.2 Å². The van der Waals surface area contributed by atoms with Crippen molar-refractivity contribution in [1.82, 2.24) is 0 Å². The van der Waals surface area contributed by atoms with E-state index >= 15 is 0 Å². The molecule has 5 rings (SSSR count). The van der Waals surface area contributed by atoms with Gasteiger partial charge in [0.15, 0.2) is 0 Å². The summed E-state index contributed by atoms with van der Waals surface area (Å²) in [4.78, 5) is 36.1. The molecular formula is C32H38F3NO7. The molecule has 1 spiro atoms. The number of benzene rings is 2. The predicted molar refractivity (Wildman–Crippen MR) is 147 cm³/mol. The van der Waals surface area contributed by atoms with Crippen LogP contribution >= 0.6 is 0 Å². The lowest BCUT2D eigenvalue weighted by Gasteiger charge is -2.47. The van der Waals surface area contributed by atoms with Crippen molar-refractivity contribution in [3.63, 3.8) is 0 Å². The first-order chi connectivity index (χ1) is 20.2. The van der Waals surface area contributed by atoms with Gasteiger partial charge < -0.3 is 28.6 Å². The minimum atomic E-state index is -5.19. The van der Waals surface area contributed by atoms with Crippen LogP contribution in [-0.2, 0) is 29.4 Å². The number of rotatable bonds is 5. The Morgan fingerprint density at radius 2 is 1.23 bits per heavy atom. The number of carboxylic acids is 1. The number of ether oxygens (including phenoxy) is 3. The van der Waals surface area contributed by atoms with Gasteiger partial charge in [-0.25, -0.2) is 9.59 Å². The normalized spacial score (nSPS) is 22.7. The molecule has 2 unspecified atom stereocenters. The van der Waals surface area contributed by atoms with Crippen LogP contribution in [0.2, 0.25) is 0 Å². The molecule has 8 nitrogen and oxygen atoms in total. The Morgan fingerprint density at radius 1 is 0.791 bits per heavy atom. The van der Waals surface area contributed by atoms with Gasteiger partial charge in [-0.15, -0.1) is 0 Å². The molecule has 2 bridgehead atoms. The Morgan fingerprint density at radius 3 is 1.63 bits per heavy atom. The number of aliphatic carboxylic acids is 1. The Bertz CT molecular complexity index is 1220. The second-order valence-electron chi connectivity index (χ2n) is 12.4. The molecule has 3 aliphatic rings. The predicted octanol–water partition coefficient (Wildman–Crippen LogP) is 5.03. The van der Waals surface area contributed by atoms with Gasteiger partial charge in [0.25, 0.3) is 5.60 Å². The zero-order chi connectivity index (χ0) is 31.5. The number of hydrogen-bond acceptors (Lipinski definition) is 7. The monoisotopic (exact) mass is 605 g/mol. The number of halogens is 3. The molecule has 43 heavy (non-hydrogen) atoms. The van der Waals surface area contributed by atoms with E-state index in [0.717, 1.165) is 12.8 Å². The molecule has 3 fully saturated rings. The molecule has 2 atom stereocenters. The quantitative estimate of drug-likeness (QED) is 0.348. The molecule has 3 heterocycles. The topological polar surface area (TPSA) is 102 Å². The van der Waals surface area contributed by atoms with E-state index in [2.05, 4.69) is 0 Å². The molecule has 234 valence electrons. The molecule has 0 saturated carbocycles. The van der Waals surface area contributed by atoms with Crippen molar-refractivity contribution in [2.75, 3.05) is 13.1 Å². The number of carboxylic acid groups (broad SMARTS) is 1. The summed E-state index contributed by atoms with van der Waals surface area (Å²) < 4.78 is 50.6. The van der Waals surface area contributed by atoms with Crippen LogP contribution in [0.25, 0.3) is 0 Å². The summed E-state index contributed by atoms with van der Waals surface area (Å²) in [6.07, 6.45) is 0.456. The van der Waals surface area contributed by atoms with Crippen molar-refractivity contribution in [3.05, 3.63) is 71.8 Å². The fraction of sp³-hybridized carbons (Fsp3) is 0.531. The zero-order valence-corrected chi connectivity index (χ0v) is 24.6. The number of alkyl halides is 3. The zero-order valence-electron chi connectivity index (χ0n) is 24.6. The molecule has 0 amide bonds. The first kappa shape index (κ1) is 32.3. The first-order valence-electron chi connectivity index (χ1n) is 14.6. The highest BCUT2D eigenvalue weighted by atomic mass is 19.4. The van der Waals surface area contributed by atoms with Crippen LogP contribution in [0, 0.1) is 0 Å². The minimum absolute atomic E-state index is 0.187. The Labute approximate surface area is 249 Å². The maximum atomic E-state index is 14.2. The number of nitrogens with zero attached hydrogens (tertiary/aromatic N) is 1. The number of esters is 1. The van der Waals surface area contributed by atoms with E-state index in [0.29, 0.717) is 23.2 Å². The van der Waals surface area contributed by atoms with Gasteiger partial charge in [-0.3, -0.25) is 0 Å². The van der Waals surface area contributed by atoms with E-state index < -0.39 is 35.5 Å². The smallest absolute Gasteiger partial charge is 0.510 e. The summed E-state index contributed by atoms with van der Waals surface area (Å²) in [5.41, 5.74) is -1.46. The molecule has 0 N–H and O–H groups in total. The molecule has 0 aliphatic carbocycles. The number of quaternary nitrogens is 1. The SMILES string of the molecule is CC(C)(C)OC(=O)OC(C(=O)OC1CC2CCC(C1)[N+]21CCCC1)(c1ccccc1)c1ccccc1.O=C([O-])C(F)(F)F. The highest BCUT2D eigenvalue weighted by Gasteiger charge is 2.57. The molecule has 3 aliphatic heterocycles. The van der Waals surface area contributed by atoms with Crippen molar-refractivity contribution in [3.8, 4) is 0 Å². The highest BCUT2D eigenvalue weighted by molar-refractivity contribution is 5.88. The van der Waals surface area contributed by atoms with E-state index in [1.165, 1.54) is 43.3 Å². The second-order valence-corrected chi connectivity index (χ2v) is 12.4. The third-order valence-corrected chi connectivity index (χ3v) is 8.54. The second kappa shape index (κ2) is 12.6. The third kappa shape index (κ3) is 7.14. The maximum Gasteiger partial charge on any atom is 0.510 e. The lowest BCUT2D eigenvalue weighted by atomic mass is 9.85. The lowest BCUT2D eigenvalue weighted by molar-refractivity contribution is -0.956. The summed E-state index contributed by atoms with van der Waals surface area (Å²) in [7, 11) is 0. The van der Waals surface area contributed by atoms with Gasteiger partial charge in [-0.05, 0) is 20.8 Å². The van der Waals surface area contributed by atoms with Crippen molar-refractivity contribution in [1.29, 1.82) is 0 Å². The Kier molecular flexibility index (Phi) is 9.44. The molecule has 2 aromatic carbocycles. The largest absolute Gasteiger partial charge is 0.542 e. The van der Waals surface area contributed by atoms with Crippen LogP contribution in [0.3, 0.4) is 0 Å². The van der Waals surface area contributed by atoms with Gasteiger partial charge in [0, 0.05) is 49.7 Å². The summed E-state index contributed by atoms with van der Waals surface area (Å²) in [5, 5.41) is 8.78. The van der Waals surface area contributed by atoms with Crippen LogP contribution in [0.4, 0.5) is 18.0 Å². The minimum Gasteiger partial charge on any atom is -0.542 e. The van der Waals surface area contributed by atoms with Gasteiger partial charge in [-0.1, -0.05) is 60.7 Å². The summed E-state index contributed by atoms with van der Waals surface area (Å²) in [6, 6.07) is 19.4. The Hall–Kier alpha value is -3.60. The van der Waals surface area contributed by atoms with Gasteiger partial charge in [0.05, 0.1) is 25.2 Å². The number of carbonyl (C=O) groups is 3. The standard InChI is InChI=1S/C30H38NO5.C2HF3O2/c1-29(2,3)35-28(33)36-30(22-12-6-4-7-13-22,23-14-8-5-9-15-23)27(32)34-26-20-24-16-17-25(21-26)31(24)18-10-11-19-31;3-2(4,5)1(6)7/h4-9,12-15,24-26H,10-11,16-21H2,1-3H3;(H,6,7)/q+1;/p-1. The molecule has 3 saturated heterocycles. The fourth-order valence-electron chi connectivity index (χ4n) is 6.84. The van der Waals surface area contributed by atoms with Gasteiger partial charge in [0.2, 0.25) is 0 Å². The molecule has 11 heteroatoms. The van der Waals surface area contributed by atoms with Gasteiger partial charge >= 0.3 is 18.3 Å². The lowest BCUT2D eigenvalue weighted by Crippen LogP contribution is -2.60. The third-order valence-electron chi connectivity index (χ3n) is 8.54. The van der Waals surface area contributed by atoms with E-state index in [4.69, 9.17) is 24.1 Å². The fourth-order valence-corrected chi connectivity index (χ4v) is 6.84. The summed E-state index contributed by atoms with van der Waals surface area (Å²) >= 11 is 0. The summed E-state index contributed by atoms with van der Waals surface area (Å²) in [6.45, 7) is 7.84. The van der Waals surface area contributed by atoms with Crippen LogP contribution < -0.4 is 5.11 Å². The van der Waals surface area contributed by atoms with Crippen LogP contribution in [0.1, 0.15) is 70.4 Å². The molecule has 0 aromatic heterocycles. The van der Waals surface area contributed by atoms with Crippen LogP contribution in [0.15, 0.2) is 60.7 Å². The summed E-state index contributed by atoms with van der Waals surface area (Å²) in [5.74, 6) is -3.57. The average molecular weight is 606 g/mol. The average Bonchev–Trinajstić information content (AvgIpc) is 3.48. The van der Waals surface area contributed by atoms with E-state index in [1.807, 2.05) is 36.4 Å². The maximum absolute atomic E-state index is 14.2.